The highest BCUT2D eigenvalue weighted by Crippen LogP contribution is 2.41. The number of ether oxygens (including phenoxy) is 1. The Kier molecular flexibility index (Phi) is 6.01. The first-order chi connectivity index (χ1) is 13.7. The standard InChI is InChI=1S/C17H13N7O3S/c1-20-15-14(10-2-3-13(21-7-10)26-5-4-25)11(6-18)17(23-16(15)19)28-8-12-22-9-27-24-12/h2-3,7,9,25H,4-5,8H2,(H2,19,23). The summed E-state index contributed by atoms with van der Waals surface area (Å²) >= 11 is 1.21. The van der Waals surface area contributed by atoms with Gasteiger partial charge in [0.15, 0.2) is 5.82 Å². The van der Waals surface area contributed by atoms with Crippen molar-refractivity contribution in [2.75, 3.05) is 18.9 Å². The van der Waals surface area contributed by atoms with Gasteiger partial charge in [-0.25, -0.2) is 14.8 Å². The molecule has 11 heteroatoms. The van der Waals surface area contributed by atoms with Gasteiger partial charge < -0.3 is 20.1 Å². The number of rotatable bonds is 7. The predicted octanol–water partition coefficient (Wildman–Crippen LogP) is 2.19. The molecule has 0 aliphatic heterocycles. The van der Waals surface area contributed by atoms with Gasteiger partial charge in [0.05, 0.1) is 24.5 Å². The van der Waals surface area contributed by atoms with Gasteiger partial charge in [0.25, 0.3) is 0 Å². The summed E-state index contributed by atoms with van der Waals surface area (Å²) in [5.74, 6) is 1.09. The lowest BCUT2D eigenvalue weighted by molar-refractivity contribution is 0.196. The molecule has 0 amide bonds. The summed E-state index contributed by atoms with van der Waals surface area (Å²) in [6, 6.07) is 5.36. The van der Waals surface area contributed by atoms with Crippen LogP contribution < -0.4 is 10.5 Å². The Morgan fingerprint density at radius 3 is 2.86 bits per heavy atom. The van der Waals surface area contributed by atoms with Gasteiger partial charge in [0.2, 0.25) is 18.0 Å². The molecule has 0 spiro atoms. The van der Waals surface area contributed by atoms with Crippen molar-refractivity contribution < 1.29 is 14.4 Å². The molecule has 0 aromatic carbocycles. The molecule has 3 N–H and O–H groups in total. The number of hydrogen-bond donors (Lipinski definition) is 2. The third-order valence-electron chi connectivity index (χ3n) is 3.50. The Balaban J connectivity index is 2.03. The summed E-state index contributed by atoms with van der Waals surface area (Å²) in [5.41, 5.74) is 7.12. The Morgan fingerprint density at radius 1 is 1.39 bits per heavy atom. The molecule has 3 rings (SSSR count). The van der Waals surface area contributed by atoms with Crippen molar-refractivity contribution in [3.8, 4) is 23.1 Å². The highest BCUT2D eigenvalue weighted by molar-refractivity contribution is 7.98. The fraction of sp³-hybridized carbons (Fsp3) is 0.176. The lowest BCUT2D eigenvalue weighted by Crippen LogP contribution is -2.03. The normalized spacial score (nSPS) is 10.2. The van der Waals surface area contributed by atoms with E-state index in [9.17, 15) is 5.26 Å². The SMILES string of the molecule is [C-]#[N+]c1c(N)nc(SCc2ncon2)c(C#N)c1-c1ccc(OCCO)nc1. The highest BCUT2D eigenvalue weighted by atomic mass is 32.2. The summed E-state index contributed by atoms with van der Waals surface area (Å²) < 4.78 is 9.93. The Morgan fingerprint density at radius 2 is 2.25 bits per heavy atom. The first-order valence-corrected chi connectivity index (χ1v) is 8.85. The minimum Gasteiger partial charge on any atom is -0.475 e. The molecule has 0 saturated heterocycles. The highest BCUT2D eigenvalue weighted by Gasteiger charge is 2.21. The Hall–Kier alpha value is -3.67. The number of aromatic nitrogens is 4. The second-order valence-corrected chi connectivity index (χ2v) is 6.18. The molecule has 0 fully saturated rings. The van der Waals surface area contributed by atoms with Crippen LogP contribution in [0.3, 0.4) is 0 Å². The second-order valence-electron chi connectivity index (χ2n) is 5.22. The quantitative estimate of drug-likeness (QED) is 0.450. The molecule has 3 aromatic rings. The summed E-state index contributed by atoms with van der Waals surface area (Å²) in [6.07, 6.45) is 2.69. The summed E-state index contributed by atoms with van der Waals surface area (Å²) in [5, 5.41) is 22.6. The molecular weight excluding hydrogens is 382 g/mol. The second kappa shape index (κ2) is 8.81. The molecule has 10 nitrogen and oxygen atoms in total. The van der Waals surface area contributed by atoms with Gasteiger partial charge in [-0.15, -0.1) is 0 Å². The van der Waals surface area contributed by atoms with Gasteiger partial charge in [-0.3, -0.25) is 0 Å². The van der Waals surface area contributed by atoms with E-state index in [1.54, 1.807) is 12.1 Å². The van der Waals surface area contributed by atoms with E-state index in [1.165, 1.54) is 24.4 Å². The molecule has 28 heavy (non-hydrogen) atoms. The van der Waals surface area contributed by atoms with Crippen LogP contribution in [0.15, 0.2) is 34.3 Å². The van der Waals surface area contributed by atoms with Crippen LogP contribution in [-0.4, -0.2) is 38.4 Å². The maximum absolute atomic E-state index is 9.73. The van der Waals surface area contributed by atoms with E-state index in [-0.39, 0.29) is 30.3 Å². The van der Waals surface area contributed by atoms with Gasteiger partial charge >= 0.3 is 0 Å². The average Bonchev–Trinajstić information content (AvgIpc) is 3.24. The largest absolute Gasteiger partial charge is 0.475 e. The van der Waals surface area contributed by atoms with E-state index in [1.807, 2.05) is 0 Å². The van der Waals surface area contributed by atoms with Gasteiger partial charge in [0.1, 0.15) is 23.5 Å². The van der Waals surface area contributed by atoms with Crippen LogP contribution in [0.1, 0.15) is 11.4 Å². The van der Waals surface area contributed by atoms with E-state index in [4.69, 9.17) is 26.7 Å². The third kappa shape index (κ3) is 4.01. The monoisotopic (exact) mass is 395 g/mol. The van der Waals surface area contributed by atoms with Crippen molar-refractivity contribution in [3.63, 3.8) is 0 Å². The number of aliphatic hydroxyl groups excluding tert-OH is 1. The van der Waals surface area contributed by atoms with Crippen LogP contribution in [0, 0.1) is 17.9 Å². The molecule has 0 saturated carbocycles. The number of anilines is 1. The molecule has 0 aliphatic carbocycles. The molecule has 3 aromatic heterocycles. The predicted molar refractivity (Wildman–Crippen MR) is 99.3 cm³/mol. The van der Waals surface area contributed by atoms with E-state index >= 15 is 0 Å². The van der Waals surface area contributed by atoms with Crippen molar-refractivity contribution in [1.29, 1.82) is 5.26 Å². The molecule has 0 radical (unpaired) electrons. The summed E-state index contributed by atoms with van der Waals surface area (Å²) in [4.78, 5) is 15.7. The Labute approximate surface area is 163 Å². The fourth-order valence-electron chi connectivity index (χ4n) is 2.33. The number of nitrogens with two attached hydrogens (primary N) is 1. The number of hydrogen-bond acceptors (Lipinski definition) is 10. The number of nitrogen functional groups attached to an aromatic ring is 1. The van der Waals surface area contributed by atoms with Gasteiger partial charge in [-0.05, 0) is 11.6 Å². The van der Waals surface area contributed by atoms with E-state index in [0.29, 0.717) is 33.6 Å². The van der Waals surface area contributed by atoms with Gasteiger partial charge in [-0.2, -0.15) is 10.2 Å². The maximum atomic E-state index is 9.73. The Bertz CT molecular complexity index is 1040. The number of aliphatic hydroxyl groups is 1. The zero-order valence-electron chi connectivity index (χ0n) is 14.4. The van der Waals surface area contributed by atoms with Crippen molar-refractivity contribution in [1.82, 2.24) is 20.1 Å². The average molecular weight is 395 g/mol. The van der Waals surface area contributed by atoms with Crippen molar-refractivity contribution >= 4 is 23.3 Å². The zero-order valence-corrected chi connectivity index (χ0v) is 15.2. The fourth-order valence-corrected chi connectivity index (χ4v) is 3.17. The van der Waals surface area contributed by atoms with Gasteiger partial charge in [-0.1, -0.05) is 16.9 Å². The molecule has 0 bridgehead atoms. The number of nitriles is 1. The van der Waals surface area contributed by atoms with Crippen LogP contribution in [-0.2, 0) is 5.75 Å². The maximum Gasteiger partial charge on any atom is 0.237 e. The first-order valence-electron chi connectivity index (χ1n) is 7.87. The van der Waals surface area contributed by atoms with Crippen LogP contribution >= 0.6 is 11.8 Å². The van der Waals surface area contributed by atoms with Crippen molar-refractivity contribution in [2.24, 2.45) is 0 Å². The zero-order chi connectivity index (χ0) is 19.9. The lowest BCUT2D eigenvalue weighted by Gasteiger charge is -2.13. The number of pyridine rings is 2. The van der Waals surface area contributed by atoms with Crippen molar-refractivity contribution in [3.05, 3.63) is 47.5 Å². The van der Waals surface area contributed by atoms with Crippen molar-refractivity contribution in [2.45, 2.75) is 10.8 Å². The molecule has 0 unspecified atom stereocenters. The smallest absolute Gasteiger partial charge is 0.237 e. The number of thioether (sulfide) groups is 1. The topological polar surface area (TPSA) is 148 Å². The lowest BCUT2D eigenvalue weighted by atomic mass is 10.0. The first kappa shape index (κ1) is 19.1. The summed E-state index contributed by atoms with van der Waals surface area (Å²) in [6.45, 7) is 7.43. The number of nitrogens with zero attached hydrogens (tertiary/aromatic N) is 6. The molecule has 3 heterocycles. The van der Waals surface area contributed by atoms with Crippen LogP contribution in [0.4, 0.5) is 11.5 Å². The minimum atomic E-state index is -0.133. The van der Waals surface area contributed by atoms with E-state index in [2.05, 4.69) is 31.0 Å². The van der Waals surface area contributed by atoms with Crippen LogP contribution in [0.25, 0.3) is 16.0 Å². The molecule has 0 atom stereocenters. The van der Waals surface area contributed by atoms with Crippen LogP contribution in [0.2, 0.25) is 0 Å². The van der Waals surface area contributed by atoms with E-state index < -0.39 is 0 Å². The molecule has 140 valence electrons. The molecular formula is C17H13N7O3S. The van der Waals surface area contributed by atoms with Crippen LogP contribution in [0.5, 0.6) is 5.88 Å². The van der Waals surface area contributed by atoms with E-state index in [0.717, 1.165) is 0 Å². The third-order valence-corrected chi connectivity index (χ3v) is 4.47. The summed E-state index contributed by atoms with van der Waals surface area (Å²) in [7, 11) is 0. The van der Waals surface area contributed by atoms with Gasteiger partial charge in [0, 0.05) is 17.8 Å². The minimum absolute atomic E-state index is 0.0141. The molecule has 0 aliphatic rings.